The van der Waals surface area contributed by atoms with Crippen molar-refractivity contribution in [2.75, 3.05) is 25.6 Å². The summed E-state index contributed by atoms with van der Waals surface area (Å²) >= 11 is 0. The van der Waals surface area contributed by atoms with E-state index in [2.05, 4.69) is 5.32 Å². The number of nitrogens with one attached hydrogen (secondary N) is 1. The van der Waals surface area contributed by atoms with E-state index in [1.54, 1.807) is 13.0 Å². The molecule has 2 aromatic rings. The SMILES string of the molecule is CCOc1cc(C(=O)OCC(=O)Nc2ccc(F)c(F)c2)ccc1OC. The van der Waals surface area contributed by atoms with Crippen molar-refractivity contribution in [1.82, 2.24) is 0 Å². The normalized spacial score (nSPS) is 10.2. The highest BCUT2D eigenvalue weighted by Crippen LogP contribution is 2.28. The summed E-state index contributed by atoms with van der Waals surface area (Å²) in [7, 11) is 1.47. The predicted octanol–water partition coefficient (Wildman–Crippen LogP) is 3.17. The molecule has 0 radical (unpaired) electrons. The highest BCUT2D eigenvalue weighted by Gasteiger charge is 2.14. The van der Waals surface area contributed by atoms with Gasteiger partial charge < -0.3 is 19.5 Å². The molecule has 138 valence electrons. The quantitative estimate of drug-likeness (QED) is 0.763. The lowest BCUT2D eigenvalue weighted by molar-refractivity contribution is -0.119. The number of benzene rings is 2. The Bertz CT molecular complexity index is 810. The van der Waals surface area contributed by atoms with Gasteiger partial charge in [-0.2, -0.15) is 0 Å². The van der Waals surface area contributed by atoms with Gasteiger partial charge in [-0.25, -0.2) is 13.6 Å². The summed E-state index contributed by atoms with van der Waals surface area (Å²) in [6.45, 7) is 1.58. The van der Waals surface area contributed by atoms with Crippen LogP contribution in [0.2, 0.25) is 0 Å². The Morgan fingerprint density at radius 1 is 1.04 bits per heavy atom. The van der Waals surface area contributed by atoms with Gasteiger partial charge in [0.05, 0.1) is 19.3 Å². The minimum absolute atomic E-state index is 0.0491. The Morgan fingerprint density at radius 3 is 2.46 bits per heavy atom. The molecule has 0 fully saturated rings. The number of carbonyl (C=O) groups is 2. The number of rotatable bonds is 7. The lowest BCUT2D eigenvalue weighted by Crippen LogP contribution is -2.21. The third kappa shape index (κ3) is 4.92. The van der Waals surface area contributed by atoms with E-state index in [0.717, 1.165) is 12.1 Å². The number of hydrogen-bond donors (Lipinski definition) is 1. The van der Waals surface area contributed by atoms with E-state index in [1.165, 1.54) is 25.3 Å². The average molecular weight is 365 g/mol. The van der Waals surface area contributed by atoms with Crippen molar-refractivity contribution in [3.8, 4) is 11.5 Å². The van der Waals surface area contributed by atoms with Gasteiger partial charge in [0.25, 0.3) is 5.91 Å². The second-order valence-electron chi connectivity index (χ2n) is 5.05. The van der Waals surface area contributed by atoms with Crippen LogP contribution in [0.3, 0.4) is 0 Å². The topological polar surface area (TPSA) is 73.9 Å². The third-order valence-electron chi connectivity index (χ3n) is 3.24. The van der Waals surface area contributed by atoms with Crippen LogP contribution in [-0.2, 0) is 9.53 Å². The molecule has 0 aliphatic rings. The molecule has 0 aliphatic carbocycles. The van der Waals surface area contributed by atoms with Gasteiger partial charge >= 0.3 is 5.97 Å². The molecule has 0 unspecified atom stereocenters. The molecule has 26 heavy (non-hydrogen) atoms. The highest BCUT2D eigenvalue weighted by atomic mass is 19.2. The van der Waals surface area contributed by atoms with Gasteiger partial charge in [0.15, 0.2) is 29.7 Å². The van der Waals surface area contributed by atoms with Crippen LogP contribution in [0.4, 0.5) is 14.5 Å². The summed E-state index contributed by atoms with van der Waals surface area (Å²) < 4.78 is 41.3. The largest absolute Gasteiger partial charge is 0.493 e. The molecular weight excluding hydrogens is 348 g/mol. The third-order valence-corrected chi connectivity index (χ3v) is 3.24. The van der Waals surface area contributed by atoms with Gasteiger partial charge in [0, 0.05) is 11.8 Å². The number of ether oxygens (including phenoxy) is 3. The number of carbonyl (C=O) groups excluding carboxylic acids is 2. The second-order valence-corrected chi connectivity index (χ2v) is 5.05. The first-order valence-electron chi connectivity index (χ1n) is 7.67. The Morgan fingerprint density at radius 2 is 1.81 bits per heavy atom. The number of esters is 1. The summed E-state index contributed by atoms with van der Waals surface area (Å²) in [5, 5.41) is 2.30. The van der Waals surface area contributed by atoms with Gasteiger partial charge in [-0.15, -0.1) is 0 Å². The molecule has 8 heteroatoms. The minimum Gasteiger partial charge on any atom is -0.493 e. The van der Waals surface area contributed by atoms with Crippen molar-refractivity contribution in [3.05, 3.63) is 53.6 Å². The predicted molar refractivity (Wildman–Crippen MR) is 89.4 cm³/mol. The van der Waals surface area contributed by atoms with Crippen LogP contribution in [0.15, 0.2) is 36.4 Å². The van der Waals surface area contributed by atoms with Gasteiger partial charge in [-0.3, -0.25) is 4.79 Å². The Labute approximate surface area is 148 Å². The number of amides is 1. The van der Waals surface area contributed by atoms with E-state index in [0.29, 0.717) is 18.1 Å². The molecule has 0 saturated carbocycles. The van der Waals surface area contributed by atoms with Crippen LogP contribution in [0.5, 0.6) is 11.5 Å². The average Bonchev–Trinajstić information content (AvgIpc) is 2.63. The molecule has 0 spiro atoms. The van der Waals surface area contributed by atoms with Crippen molar-refractivity contribution >= 4 is 17.6 Å². The molecular formula is C18H17F2NO5. The van der Waals surface area contributed by atoms with Crippen molar-refractivity contribution in [3.63, 3.8) is 0 Å². The van der Waals surface area contributed by atoms with Crippen molar-refractivity contribution in [2.24, 2.45) is 0 Å². The van der Waals surface area contributed by atoms with E-state index in [1.807, 2.05) is 0 Å². The minimum atomic E-state index is -1.10. The maximum Gasteiger partial charge on any atom is 0.338 e. The number of halogens is 2. The van der Waals surface area contributed by atoms with Gasteiger partial charge in [0.1, 0.15) is 0 Å². The first-order chi connectivity index (χ1) is 12.4. The van der Waals surface area contributed by atoms with Gasteiger partial charge in [0.2, 0.25) is 0 Å². The van der Waals surface area contributed by atoms with Crippen LogP contribution in [0.25, 0.3) is 0 Å². The fourth-order valence-corrected chi connectivity index (χ4v) is 2.06. The van der Waals surface area contributed by atoms with E-state index in [4.69, 9.17) is 14.2 Å². The summed E-state index contributed by atoms with van der Waals surface area (Å²) in [6, 6.07) is 7.35. The molecule has 0 aromatic heterocycles. The second kappa shape index (κ2) is 8.80. The lowest BCUT2D eigenvalue weighted by Gasteiger charge is -2.11. The maximum atomic E-state index is 13.1. The molecule has 0 saturated heterocycles. The Hall–Kier alpha value is -3.16. The molecule has 1 N–H and O–H groups in total. The Kier molecular flexibility index (Phi) is 6.48. The first-order valence-corrected chi connectivity index (χ1v) is 7.67. The first kappa shape index (κ1) is 19.2. The van der Waals surface area contributed by atoms with E-state index in [-0.39, 0.29) is 11.3 Å². The van der Waals surface area contributed by atoms with Crippen molar-refractivity contribution < 1.29 is 32.6 Å². The zero-order valence-corrected chi connectivity index (χ0v) is 14.2. The number of methoxy groups -OCH3 is 1. The van der Waals surface area contributed by atoms with E-state index < -0.39 is 30.1 Å². The van der Waals surface area contributed by atoms with Crippen molar-refractivity contribution in [1.29, 1.82) is 0 Å². The van der Waals surface area contributed by atoms with Crippen LogP contribution in [-0.4, -0.2) is 32.2 Å². The summed E-state index contributed by atoms with van der Waals surface area (Å²) in [5.41, 5.74) is 0.225. The Balaban J connectivity index is 1.96. The molecule has 2 aromatic carbocycles. The molecule has 0 aliphatic heterocycles. The molecule has 6 nitrogen and oxygen atoms in total. The fraction of sp³-hybridized carbons (Fsp3) is 0.222. The standard InChI is InChI=1S/C18H17F2NO5/c1-3-25-16-8-11(4-7-15(16)24-2)18(23)26-10-17(22)21-12-5-6-13(19)14(20)9-12/h4-9H,3,10H2,1-2H3,(H,21,22). The molecule has 1 amide bonds. The van der Waals surface area contributed by atoms with Crippen LogP contribution in [0, 0.1) is 11.6 Å². The van der Waals surface area contributed by atoms with Crippen LogP contribution in [0.1, 0.15) is 17.3 Å². The summed E-state index contributed by atoms with van der Waals surface area (Å²) in [4.78, 5) is 23.8. The summed E-state index contributed by atoms with van der Waals surface area (Å²) in [5.74, 6) is -2.73. The monoisotopic (exact) mass is 365 g/mol. The molecule has 0 heterocycles. The number of anilines is 1. The van der Waals surface area contributed by atoms with Gasteiger partial charge in [-0.05, 0) is 37.3 Å². The molecule has 0 bridgehead atoms. The zero-order valence-electron chi connectivity index (χ0n) is 14.2. The molecule has 0 atom stereocenters. The van der Waals surface area contributed by atoms with Crippen molar-refractivity contribution in [2.45, 2.75) is 6.92 Å². The number of hydrogen-bond acceptors (Lipinski definition) is 5. The van der Waals surface area contributed by atoms with Crippen LogP contribution < -0.4 is 14.8 Å². The smallest absolute Gasteiger partial charge is 0.338 e. The fourth-order valence-electron chi connectivity index (χ4n) is 2.06. The zero-order chi connectivity index (χ0) is 19.1. The van der Waals surface area contributed by atoms with Crippen LogP contribution >= 0.6 is 0 Å². The van der Waals surface area contributed by atoms with E-state index in [9.17, 15) is 18.4 Å². The van der Waals surface area contributed by atoms with Gasteiger partial charge in [-0.1, -0.05) is 0 Å². The molecule has 2 rings (SSSR count). The highest BCUT2D eigenvalue weighted by molar-refractivity contribution is 5.95. The maximum absolute atomic E-state index is 13.1. The van der Waals surface area contributed by atoms with E-state index >= 15 is 0 Å². The summed E-state index contributed by atoms with van der Waals surface area (Å²) in [6.07, 6.45) is 0. The lowest BCUT2D eigenvalue weighted by atomic mass is 10.2.